The molecule has 2 unspecified atom stereocenters. The average Bonchev–Trinajstić information content (AvgIpc) is 2.70. The van der Waals surface area contributed by atoms with E-state index in [1.165, 1.54) is 38.5 Å². The quantitative estimate of drug-likeness (QED) is 0.706. The molecule has 0 spiro atoms. The molecule has 0 aromatic carbocycles. The lowest BCUT2D eigenvalue weighted by atomic mass is 10.0. The smallest absolute Gasteiger partial charge is 0.0801 e. The minimum Gasteiger partial charge on any atom is -0.390 e. The molecule has 0 saturated heterocycles. The van der Waals surface area contributed by atoms with Crippen LogP contribution in [0.15, 0.2) is 0 Å². The average molecular weight is 214 g/mol. The van der Waals surface area contributed by atoms with Gasteiger partial charge in [0, 0.05) is 6.61 Å². The number of hydrogen-bond acceptors (Lipinski definition) is 2. The maximum absolute atomic E-state index is 9.87. The standard InChI is InChI=1S/C13H26O2/c1-3-6-11(2)9-15-10-13(14)12-7-4-5-8-12/h11-14H,3-10H2,1-2H3. The summed E-state index contributed by atoms with van der Waals surface area (Å²) in [5.74, 6) is 1.14. The Balaban J connectivity index is 2.03. The first-order valence-electron chi connectivity index (χ1n) is 6.49. The second-order valence-corrected chi connectivity index (χ2v) is 5.04. The fraction of sp³-hybridized carbons (Fsp3) is 1.00. The van der Waals surface area contributed by atoms with Crippen molar-refractivity contribution in [2.45, 2.75) is 58.5 Å². The van der Waals surface area contributed by atoms with Crippen LogP contribution >= 0.6 is 0 Å². The predicted octanol–water partition coefficient (Wildman–Crippen LogP) is 2.99. The van der Waals surface area contributed by atoms with Crippen molar-refractivity contribution < 1.29 is 9.84 Å². The Hall–Kier alpha value is -0.0800. The monoisotopic (exact) mass is 214 g/mol. The lowest BCUT2D eigenvalue weighted by molar-refractivity contribution is -0.00434. The fourth-order valence-electron chi connectivity index (χ4n) is 2.44. The Labute approximate surface area is 94.0 Å². The zero-order valence-electron chi connectivity index (χ0n) is 10.2. The molecular formula is C13H26O2. The molecule has 0 amide bonds. The third kappa shape index (κ3) is 4.98. The molecular weight excluding hydrogens is 188 g/mol. The topological polar surface area (TPSA) is 29.5 Å². The van der Waals surface area contributed by atoms with Gasteiger partial charge in [0.25, 0.3) is 0 Å². The molecule has 2 nitrogen and oxygen atoms in total. The van der Waals surface area contributed by atoms with Crippen LogP contribution in [0.4, 0.5) is 0 Å². The maximum atomic E-state index is 9.87. The van der Waals surface area contributed by atoms with Gasteiger partial charge >= 0.3 is 0 Å². The highest BCUT2D eigenvalue weighted by Gasteiger charge is 2.23. The van der Waals surface area contributed by atoms with Crippen molar-refractivity contribution in [1.82, 2.24) is 0 Å². The third-order valence-corrected chi connectivity index (χ3v) is 3.42. The van der Waals surface area contributed by atoms with E-state index in [1.807, 2.05) is 0 Å². The summed E-state index contributed by atoms with van der Waals surface area (Å²) in [6, 6.07) is 0. The highest BCUT2D eigenvalue weighted by molar-refractivity contribution is 4.74. The van der Waals surface area contributed by atoms with E-state index in [4.69, 9.17) is 4.74 Å². The van der Waals surface area contributed by atoms with Gasteiger partial charge in [-0.25, -0.2) is 0 Å². The van der Waals surface area contributed by atoms with E-state index < -0.39 is 0 Å². The highest BCUT2D eigenvalue weighted by Crippen LogP contribution is 2.27. The van der Waals surface area contributed by atoms with E-state index in [1.54, 1.807) is 0 Å². The molecule has 1 rings (SSSR count). The number of aliphatic hydroxyl groups excluding tert-OH is 1. The van der Waals surface area contributed by atoms with Crippen molar-refractivity contribution in [2.75, 3.05) is 13.2 Å². The van der Waals surface area contributed by atoms with Crippen molar-refractivity contribution in [3.63, 3.8) is 0 Å². The Morgan fingerprint density at radius 1 is 1.27 bits per heavy atom. The summed E-state index contributed by atoms with van der Waals surface area (Å²) < 4.78 is 5.57. The number of ether oxygens (including phenoxy) is 1. The van der Waals surface area contributed by atoms with Crippen LogP contribution in [0.1, 0.15) is 52.4 Å². The van der Waals surface area contributed by atoms with Gasteiger partial charge in [-0.3, -0.25) is 0 Å². The van der Waals surface area contributed by atoms with Crippen molar-refractivity contribution >= 4 is 0 Å². The molecule has 2 atom stereocenters. The van der Waals surface area contributed by atoms with Gasteiger partial charge in [-0.1, -0.05) is 33.1 Å². The van der Waals surface area contributed by atoms with E-state index >= 15 is 0 Å². The Kier molecular flexibility index (Phi) is 6.26. The lowest BCUT2D eigenvalue weighted by Gasteiger charge is -2.19. The molecule has 1 N–H and O–H groups in total. The molecule has 15 heavy (non-hydrogen) atoms. The summed E-state index contributed by atoms with van der Waals surface area (Å²) in [7, 11) is 0. The van der Waals surface area contributed by atoms with Crippen LogP contribution in [0, 0.1) is 11.8 Å². The number of aliphatic hydroxyl groups is 1. The SMILES string of the molecule is CCCC(C)COCC(O)C1CCCC1. The first-order valence-corrected chi connectivity index (χ1v) is 6.49. The van der Waals surface area contributed by atoms with E-state index in [2.05, 4.69) is 13.8 Å². The van der Waals surface area contributed by atoms with Gasteiger partial charge in [-0.15, -0.1) is 0 Å². The van der Waals surface area contributed by atoms with Crippen LogP contribution in [-0.4, -0.2) is 24.4 Å². The third-order valence-electron chi connectivity index (χ3n) is 3.42. The molecule has 0 aliphatic heterocycles. The zero-order chi connectivity index (χ0) is 11.1. The van der Waals surface area contributed by atoms with Crippen LogP contribution in [-0.2, 0) is 4.74 Å². The van der Waals surface area contributed by atoms with Gasteiger partial charge in [0.15, 0.2) is 0 Å². The first-order chi connectivity index (χ1) is 7.24. The summed E-state index contributed by atoms with van der Waals surface area (Å²) in [4.78, 5) is 0. The van der Waals surface area contributed by atoms with Gasteiger partial charge in [0.05, 0.1) is 12.7 Å². The molecule has 0 heterocycles. The molecule has 0 aromatic rings. The van der Waals surface area contributed by atoms with Crippen LogP contribution in [0.25, 0.3) is 0 Å². The summed E-state index contributed by atoms with van der Waals surface area (Å²) in [6.45, 7) is 5.76. The second kappa shape index (κ2) is 7.24. The van der Waals surface area contributed by atoms with Gasteiger partial charge in [0.2, 0.25) is 0 Å². The number of hydrogen-bond donors (Lipinski definition) is 1. The Morgan fingerprint density at radius 3 is 2.53 bits per heavy atom. The lowest BCUT2D eigenvalue weighted by Crippen LogP contribution is -2.24. The van der Waals surface area contributed by atoms with Crippen molar-refractivity contribution in [3.05, 3.63) is 0 Å². The summed E-state index contributed by atoms with van der Waals surface area (Å²) >= 11 is 0. The summed E-state index contributed by atoms with van der Waals surface area (Å²) in [5, 5.41) is 9.87. The van der Waals surface area contributed by atoms with E-state index in [0.29, 0.717) is 18.4 Å². The number of rotatable bonds is 7. The molecule has 1 aliphatic carbocycles. The van der Waals surface area contributed by atoms with Crippen LogP contribution < -0.4 is 0 Å². The summed E-state index contributed by atoms with van der Waals surface area (Å²) in [5.41, 5.74) is 0. The highest BCUT2D eigenvalue weighted by atomic mass is 16.5. The normalized spacial score (nSPS) is 21.8. The summed E-state index contributed by atoms with van der Waals surface area (Å²) in [6.07, 6.45) is 7.17. The van der Waals surface area contributed by atoms with Crippen molar-refractivity contribution in [3.8, 4) is 0 Å². The van der Waals surface area contributed by atoms with E-state index in [9.17, 15) is 5.11 Å². The van der Waals surface area contributed by atoms with Crippen LogP contribution in [0.2, 0.25) is 0 Å². The largest absolute Gasteiger partial charge is 0.390 e. The first kappa shape index (κ1) is 13.0. The zero-order valence-corrected chi connectivity index (χ0v) is 10.2. The van der Waals surface area contributed by atoms with E-state index in [0.717, 1.165) is 6.61 Å². The van der Waals surface area contributed by atoms with Crippen LogP contribution in [0.5, 0.6) is 0 Å². The molecule has 1 saturated carbocycles. The van der Waals surface area contributed by atoms with Gasteiger partial charge < -0.3 is 9.84 Å². The maximum Gasteiger partial charge on any atom is 0.0801 e. The van der Waals surface area contributed by atoms with Crippen molar-refractivity contribution in [1.29, 1.82) is 0 Å². The van der Waals surface area contributed by atoms with Gasteiger partial charge in [-0.2, -0.15) is 0 Å². The minimum atomic E-state index is -0.221. The minimum absolute atomic E-state index is 0.221. The van der Waals surface area contributed by atoms with Crippen molar-refractivity contribution in [2.24, 2.45) is 11.8 Å². The second-order valence-electron chi connectivity index (χ2n) is 5.04. The molecule has 1 aliphatic rings. The molecule has 1 fully saturated rings. The molecule has 0 bridgehead atoms. The Bertz CT molecular complexity index is 153. The fourth-order valence-corrected chi connectivity index (χ4v) is 2.44. The van der Waals surface area contributed by atoms with Gasteiger partial charge in [0.1, 0.15) is 0 Å². The molecule has 90 valence electrons. The molecule has 0 aromatic heterocycles. The van der Waals surface area contributed by atoms with Crippen LogP contribution in [0.3, 0.4) is 0 Å². The predicted molar refractivity (Wildman–Crippen MR) is 62.9 cm³/mol. The van der Waals surface area contributed by atoms with Gasteiger partial charge in [-0.05, 0) is 31.1 Å². The molecule has 2 heteroatoms. The Morgan fingerprint density at radius 2 is 1.93 bits per heavy atom. The van der Waals surface area contributed by atoms with E-state index in [-0.39, 0.29) is 6.10 Å². The molecule has 0 radical (unpaired) electrons.